The molecule has 0 aromatic heterocycles. The van der Waals surface area contributed by atoms with Gasteiger partial charge in [0.25, 0.3) is 0 Å². The molecule has 7 heteroatoms. The van der Waals surface area contributed by atoms with Crippen molar-refractivity contribution in [3.63, 3.8) is 0 Å². The second-order valence-electron chi connectivity index (χ2n) is 5.38. The lowest BCUT2D eigenvalue weighted by molar-refractivity contribution is -0.135. The van der Waals surface area contributed by atoms with Crippen LogP contribution >= 0.6 is 22.6 Å². The Morgan fingerprint density at radius 1 is 1.16 bits per heavy atom. The van der Waals surface area contributed by atoms with Gasteiger partial charge in [0.1, 0.15) is 5.75 Å². The number of hydrogen-bond donors (Lipinski definition) is 0. The fourth-order valence-electron chi connectivity index (χ4n) is 2.44. The fraction of sp³-hybridized carbons (Fsp3) is 0.167. The molecule has 0 radical (unpaired) electrons. The van der Waals surface area contributed by atoms with Crippen molar-refractivity contribution in [3.8, 4) is 5.75 Å². The molecule has 2 aromatic rings. The van der Waals surface area contributed by atoms with E-state index >= 15 is 0 Å². The predicted octanol–water partition coefficient (Wildman–Crippen LogP) is 3.46. The number of para-hydroxylation sites is 1. The minimum atomic E-state index is -0.660. The highest BCUT2D eigenvalue weighted by Crippen LogP contribution is 2.33. The van der Waals surface area contributed by atoms with Crippen LogP contribution in [0.5, 0.6) is 5.75 Å². The number of hydrogen-bond acceptors (Lipinski definition) is 5. The molecule has 0 aliphatic carbocycles. The van der Waals surface area contributed by atoms with Crippen molar-refractivity contribution in [1.82, 2.24) is 5.01 Å². The van der Waals surface area contributed by atoms with E-state index in [9.17, 15) is 9.59 Å². The molecule has 1 aliphatic rings. The smallest absolute Gasteiger partial charge is 0.308 e. The molecule has 1 aliphatic heterocycles. The summed E-state index contributed by atoms with van der Waals surface area (Å²) in [6.45, 7) is 2.75. The van der Waals surface area contributed by atoms with E-state index in [2.05, 4.69) is 27.7 Å². The van der Waals surface area contributed by atoms with Crippen LogP contribution < -0.4 is 4.74 Å². The summed E-state index contributed by atoms with van der Waals surface area (Å²) < 4.78 is 12.2. The number of ether oxygens (including phenoxy) is 2. The Bertz CT molecular complexity index is 866. The van der Waals surface area contributed by atoms with Crippen molar-refractivity contribution < 1.29 is 19.1 Å². The number of amides is 1. The maximum Gasteiger partial charge on any atom is 0.308 e. The first kappa shape index (κ1) is 17.4. The molecule has 2 aromatic carbocycles. The highest BCUT2D eigenvalue weighted by atomic mass is 127. The molecular formula is C18H15IN2O4. The zero-order chi connectivity index (χ0) is 18.0. The Labute approximate surface area is 158 Å². The van der Waals surface area contributed by atoms with Crippen LogP contribution in [0.3, 0.4) is 0 Å². The van der Waals surface area contributed by atoms with Gasteiger partial charge >= 0.3 is 5.97 Å². The van der Waals surface area contributed by atoms with Crippen molar-refractivity contribution >= 4 is 40.4 Å². The zero-order valence-electron chi connectivity index (χ0n) is 13.6. The Morgan fingerprint density at radius 3 is 2.60 bits per heavy atom. The summed E-state index contributed by atoms with van der Waals surface area (Å²) in [4.78, 5) is 23.3. The first-order valence-corrected chi connectivity index (χ1v) is 8.62. The number of halogens is 1. The molecule has 128 valence electrons. The van der Waals surface area contributed by atoms with Gasteiger partial charge in [0.05, 0.1) is 5.56 Å². The third kappa shape index (κ3) is 3.81. The lowest BCUT2D eigenvalue weighted by atomic mass is 10.2. The highest BCUT2D eigenvalue weighted by molar-refractivity contribution is 14.1. The lowest BCUT2D eigenvalue weighted by Gasteiger charge is -2.19. The van der Waals surface area contributed by atoms with Crippen molar-refractivity contribution in [3.05, 3.63) is 63.2 Å². The summed E-state index contributed by atoms with van der Waals surface area (Å²) in [6, 6.07) is 14.6. The predicted molar refractivity (Wildman–Crippen MR) is 99.8 cm³/mol. The van der Waals surface area contributed by atoms with E-state index in [1.807, 2.05) is 24.3 Å². The number of nitrogens with zero attached hydrogens (tertiary/aromatic N) is 2. The first-order chi connectivity index (χ1) is 12.0. The van der Waals surface area contributed by atoms with Gasteiger partial charge in [-0.1, -0.05) is 24.3 Å². The van der Waals surface area contributed by atoms with Gasteiger partial charge in [-0.3, -0.25) is 9.59 Å². The Hall–Kier alpha value is -2.42. The van der Waals surface area contributed by atoms with E-state index in [4.69, 9.17) is 9.47 Å². The summed E-state index contributed by atoms with van der Waals surface area (Å²) in [5.41, 5.74) is 1.32. The molecule has 1 atom stereocenters. The largest absolute Gasteiger partial charge is 0.446 e. The molecule has 0 bridgehead atoms. The van der Waals surface area contributed by atoms with Gasteiger partial charge < -0.3 is 9.47 Å². The van der Waals surface area contributed by atoms with Crippen molar-refractivity contribution in [2.24, 2.45) is 5.10 Å². The molecular weight excluding hydrogens is 435 g/mol. The molecule has 6 nitrogen and oxygen atoms in total. The fourth-order valence-corrected chi connectivity index (χ4v) is 3.01. The first-order valence-electron chi connectivity index (χ1n) is 7.54. The van der Waals surface area contributed by atoms with Crippen molar-refractivity contribution in [2.75, 3.05) is 0 Å². The molecule has 25 heavy (non-hydrogen) atoms. The standard InChI is InChI=1S/C18H15IN2O4/c1-11(22)21-18(13-6-5-7-14(19)10-13)25-17(20-21)15-8-3-4-9-16(15)24-12(2)23/h3-10,18H,1-2H3. The van der Waals surface area contributed by atoms with E-state index in [1.165, 1.54) is 18.9 Å². The molecule has 0 fully saturated rings. The third-order valence-corrected chi connectivity index (χ3v) is 4.14. The number of benzene rings is 2. The van der Waals surface area contributed by atoms with Gasteiger partial charge in [0.15, 0.2) is 0 Å². The topological polar surface area (TPSA) is 68.2 Å². The SMILES string of the molecule is CC(=O)Oc1ccccc1C1=NN(C(C)=O)C(c2cccc(I)c2)O1. The second kappa shape index (κ2) is 7.22. The summed E-state index contributed by atoms with van der Waals surface area (Å²) in [7, 11) is 0. The monoisotopic (exact) mass is 450 g/mol. The van der Waals surface area contributed by atoms with Crippen LogP contribution in [0.2, 0.25) is 0 Å². The van der Waals surface area contributed by atoms with E-state index in [0.29, 0.717) is 11.3 Å². The minimum Gasteiger partial charge on any atom is -0.446 e. The van der Waals surface area contributed by atoms with Gasteiger partial charge in [-0.25, -0.2) is 0 Å². The number of esters is 1. The number of rotatable bonds is 3. The van der Waals surface area contributed by atoms with Gasteiger partial charge in [-0.15, -0.1) is 5.10 Å². The van der Waals surface area contributed by atoms with Gasteiger partial charge in [0.2, 0.25) is 18.0 Å². The zero-order valence-corrected chi connectivity index (χ0v) is 15.8. The van der Waals surface area contributed by atoms with Crippen molar-refractivity contribution in [2.45, 2.75) is 20.1 Å². The van der Waals surface area contributed by atoms with E-state index in [1.54, 1.807) is 24.3 Å². The highest BCUT2D eigenvalue weighted by Gasteiger charge is 2.34. The molecule has 0 saturated heterocycles. The maximum atomic E-state index is 12.0. The van der Waals surface area contributed by atoms with Crippen LogP contribution in [0.4, 0.5) is 0 Å². The molecule has 0 saturated carbocycles. The van der Waals surface area contributed by atoms with Crippen LogP contribution in [0.15, 0.2) is 53.6 Å². The van der Waals surface area contributed by atoms with Crippen molar-refractivity contribution in [1.29, 1.82) is 0 Å². The lowest BCUT2D eigenvalue weighted by Crippen LogP contribution is -2.25. The number of carbonyl (C=O) groups is 2. The van der Waals surface area contributed by atoms with E-state index < -0.39 is 12.2 Å². The Morgan fingerprint density at radius 2 is 1.92 bits per heavy atom. The van der Waals surface area contributed by atoms with Crippen LogP contribution in [-0.2, 0) is 14.3 Å². The molecule has 1 heterocycles. The van der Waals surface area contributed by atoms with Gasteiger partial charge in [-0.05, 0) is 46.9 Å². The van der Waals surface area contributed by atoms with Gasteiger partial charge in [0, 0.05) is 23.0 Å². The minimum absolute atomic E-state index is 0.232. The van der Waals surface area contributed by atoms with Crippen LogP contribution in [0.1, 0.15) is 31.2 Å². The average Bonchev–Trinajstić information content (AvgIpc) is 3.00. The molecule has 0 N–H and O–H groups in total. The second-order valence-corrected chi connectivity index (χ2v) is 6.63. The maximum absolute atomic E-state index is 12.0. The number of hydrazone groups is 1. The number of carbonyl (C=O) groups excluding carboxylic acids is 2. The Kier molecular flexibility index (Phi) is 5.03. The third-order valence-electron chi connectivity index (χ3n) is 3.47. The quantitative estimate of drug-likeness (QED) is 0.408. The molecule has 1 amide bonds. The van der Waals surface area contributed by atoms with Gasteiger partial charge in [-0.2, -0.15) is 5.01 Å². The van der Waals surface area contributed by atoms with E-state index in [0.717, 1.165) is 9.13 Å². The van der Waals surface area contributed by atoms with Crippen LogP contribution in [0, 0.1) is 3.57 Å². The average molecular weight is 450 g/mol. The summed E-state index contributed by atoms with van der Waals surface area (Å²) in [6.07, 6.45) is -0.660. The normalized spacial score (nSPS) is 16.2. The van der Waals surface area contributed by atoms with E-state index in [-0.39, 0.29) is 11.8 Å². The molecule has 0 spiro atoms. The molecule has 1 unspecified atom stereocenters. The molecule has 3 rings (SSSR count). The van der Waals surface area contributed by atoms with Crippen LogP contribution in [-0.4, -0.2) is 22.8 Å². The van der Waals surface area contributed by atoms with Crippen LogP contribution in [0.25, 0.3) is 0 Å². The Balaban J connectivity index is 1.98. The summed E-state index contributed by atoms with van der Waals surface area (Å²) in [5, 5.41) is 5.58. The summed E-state index contributed by atoms with van der Waals surface area (Å²) >= 11 is 2.20. The summed E-state index contributed by atoms with van der Waals surface area (Å²) in [5.74, 6) is -0.121.